The van der Waals surface area contributed by atoms with E-state index in [1.54, 1.807) is 24.3 Å². The van der Waals surface area contributed by atoms with Gasteiger partial charge in [-0.25, -0.2) is 13.6 Å². The van der Waals surface area contributed by atoms with Crippen molar-refractivity contribution in [1.29, 1.82) is 0 Å². The molecule has 0 amide bonds. The van der Waals surface area contributed by atoms with Crippen LogP contribution in [0.3, 0.4) is 0 Å². The summed E-state index contributed by atoms with van der Waals surface area (Å²) >= 11 is 3.28. The minimum absolute atomic E-state index is 0.0213. The third-order valence-electron chi connectivity index (χ3n) is 2.59. The summed E-state index contributed by atoms with van der Waals surface area (Å²) in [5, 5.41) is 0. The van der Waals surface area contributed by atoms with E-state index < -0.39 is 17.6 Å². The molecular weight excluding hydrogens is 346 g/mol. The van der Waals surface area contributed by atoms with Crippen LogP contribution in [0, 0.1) is 11.6 Å². The molecule has 0 aliphatic rings. The van der Waals surface area contributed by atoms with E-state index in [4.69, 9.17) is 9.47 Å². The van der Waals surface area contributed by atoms with Crippen LogP contribution in [0.4, 0.5) is 8.78 Å². The van der Waals surface area contributed by atoms with Gasteiger partial charge in [0.05, 0.1) is 0 Å². The minimum atomic E-state index is -1.01. The number of benzene rings is 2. The maximum absolute atomic E-state index is 13.3. The van der Waals surface area contributed by atoms with E-state index in [-0.39, 0.29) is 18.8 Å². The molecule has 0 aliphatic carbocycles. The van der Waals surface area contributed by atoms with Gasteiger partial charge in [-0.2, -0.15) is 0 Å². The van der Waals surface area contributed by atoms with Gasteiger partial charge in [0.2, 0.25) is 0 Å². The zero-order valence-electron chi connectivity index (χ0n) is 10.8. The Labute approximate surface area is 128 Å². The summed E-state index contributed by atoms with van der Waals surface area (Å²) in [6.07, 6.45) is 0. The molecule has 0 bridgehead atoms. The molecule has 110 valence electrons. The van der Waals surface area contributed by atoms with Crippen molar-refractivity contribution in [2.45, 2.75) is 6.61 Å². The molecule has 2 aromatic carbocycles. The van der Waals surface area contributed by atoms with Gasteiger partial charge < -0.3 is 9.47 Å². The maximum atomic E-state index is 13.3. The molecule has 0 fully saturated rings. The zero-order chi connectivity index (χ0) is 15.2. The van der Waals surface area contributed by atoms with Crippen LogP contribution in [0.1, 0.15) is 5.56 Å². The van der Waals surface area contributed by atoms with Gasteiger partial charge in [-0.1, -0.05) is 28.1 Å². The Balaban J connectivity index is 1.82. The van der Waals surface area contributed by atoms with Crippen LogP contribution >= 0.6 is 15.9 Å². The average Bonchev–Trinajstić information content (AvgIpc) is 2.48. The predicted octanol–water partition coefficient (Wildman–Crippen LogP) is 3.85. The van der Waals surface area contributed by atoms with Gasteiger partial charge in [-0.05, 0) is 30.3 Å². The number of carbonyl (C=O) groups is 1. The van der Waals surface area contributed by atoms with Crippen LogP contribution in [0.15, 0.2) is 46.9 Å². The van der Waals surface area contributed by atoms with Crippen molar-refractivity contribution in [3.05, 3.63) is 64.1 Å². The highest BCUT2D eigenvalue weighted by Gasteiger charge is 2.10. The summed E-state index contributed by atoms with van der Waals surface area (Å²) in [7, 11) is 0. The van der Waals surface area contributed by atoms with Crippen LogP contribution in [-0.4, -0.2) is 12.6 Å². The Morgan fingerprint density at radius 2 is 1.81 bits per heavy atom. The van der Waals surface area contributed by atoms with E-state index in [9.17, 15) is 13.6 Å². The first-order valence-corrected chi connectivity index (χ1v) is 6.82. The molecule has 2 aromatic rings. The van der Waals surface area contributed by atoms with E-state index in [1.165, 1.54) is 12.1 Å². The van der Waals surface area contributed by atoms with E-state index in [0.717, 1.165) is 10.5 Å². The standard InChI is InChI=1S/C15H11BrF2O3/c16-11-4-6-12(7-5-11)20-9-14(19)21-8-10-2-1-3-13(17)15(10)18/h1-7H,8-9H2. The third kappa shape index (κ3) is 4.53. The fraction of sp³-hybridized carbons (Fsp3) is 0.133. The Morgan fingerprint density at radius 3 is 2.52 bits per heavy atom. The van der Waals surface area contributed by atoms with E-state index in [1.807, 2.05) is 0 Å². The van der Waals surface area contributed by atoms with E-state index in [2.05, 4.69) is 15.9 Å². The highest BCUT2D eigenvalue weighted by Crippen LogP contribution is 2.16. The summed E-state index contributed by atoms with van der Waals surface area (Å²) in [6.45, 7) is -0.648. The fourth-order valence-corrected chi connectivity index (χ4v) is 1.80. The molecule has 21 heavy (non-hydrogen) atoms. The Hall–Kier alpha value is -1.95. The van der Waals surface area contributed by atoms with Crippen molar-refractivity contribution >= 4 is 21.9 Å². The van der Waals surface area contributed by atoms with Crippen molar-refractivity contribution in [3.63, 3.8) is 0 Å². The average molecular weight is 357 g/mol. The summed E-state index contributed by atoms with van der Waals surface area (Å²) < 4.78 is 37.2. The molecular formula is C15H11BrF2O3. The van der Waals surface area contributed by atoms with Gasteiger partial charge in [0.1, 0.15) is 12.4 Å². The number of ether oxygens (including phenoxy) is 2. The summed E-state index contributed by atoms with van der Waals surface area (Å²) in [5.74, 6) is -2.15. The first kappa shape index (κ1) is 15.4. The molecule has 0 radical (unpaired) electrons. The summed E-state index contributed by atoms with van der Waals surface area (Å²) in [5.41, 5.74) is -0.0213. The highest BCUT2D eigenvalue weighted by atomic mass is 79.9. The van der Waals surface area contributed by atoms with Crippen LogP contribution in [0.2, 0.25) is 0 Å². The topological polar surface area (TPSA) is 35.5 Å². The lowest BCUT2D eigenvalue weighted by molar-refractivity contribution is -0.147. The van der Waals surface area contributed by atoms with Gasteiger partial charge in [0.25, 0.3) is 0 Å². The number of carbonyl (C=O) groups excluding carboxylic acids is 1. The van der Waals surface area contributed by atoms with Gasteiger partial charge in [-0.3, -0.25) is 0 Å². The van der Waals surface area contributed by atoms with E-state index >= 15 is 0 Å². The quantitative estimate of drug-likeness (QED) is 0.763. The number of rotatable bonds is 5. The van der Waals surface area contributed by atoms with Crippen molar-refractivity contribution in [2.24, 2.45) is 0 Å². The number of esters is 1. The molecule has 0 saturated carbocycles. The lowest BCUT2D eigenvalue weighted by Gasteiger charge is -2.08. The Bertz CT molecular complexity index is 629. The number of halogens is 3. The molecule has 6 heteroatoms. The second-order valence-electron chi connectivity index (χ2n) is 4.12. The molecule has 0 N–H and O–H groups in total. The van der Waals surface area contributed by atoms with Crippen LogP contribution in [-0.2, 0) is 16.1 Å². The second kappa shape index (κ2) is 7.17. The van der Waals surface area contributed by atoms with Crippen molar-refractivity contribution in [2.75, 3.05) is 6.61 Å². The summed E-state index contributed by atoms with van der Waals surface area (Å²) in [4.78, 5) is 11.5. The van der Waals surface area contributed by atoms with Crippen molar-refractivity contribution in [3.8, 4) is 5.75 Å². The van der Waals surface area contributed by atoms with Gasteiger partial charge in [-0.15, -0.1) is 0 Å². The molecule has 0 saturated heterocycles. The normalized spacial score (nSPS) is 10.2. The maximum Gasteiger partial charge on any atom is 0.344 e. The monoisotopic (exact) mass is 356 g/mol. The molecule has 2 rings (SSSR count). The van der Waals surface area contributed by atoms with Crippen molar-refractivity contribution in [1.82, 2.24) is 0 Å². The zero-order valence-corrected chi connectivity index (χ0v) is 12.4. The third-order valence-corrected chi connectivity index (χ3v) is 3.12. The molecule has 3 nitrogen and oxygen atoms in total. The minimum Gasteiger partial charge on any atom is -0.482 e. The molecule has 0 aromatic heterocycles. The number of hydrogen-bond donors (Lipinski definition) is 0. The molecule has 0 spiro atoms. The first-order chi connectivity index (χ1) is 10.1. The Morgan fingerprint density at radius 1 is 1.10 bits per heavy atom. The van der Waals surface area contributed by atoms with E-state index in [0.29, 0.717) is 5.75 Å². The second-order valence-corrected chi connectivity index (χ2v) is 5.03. The van der Waals surface area contributed by atoms with Crippen molar-refractivity contribution < 1.29 is 23.0 Å². The smallest absolute Gasteiger partial charge is 0.344 e. The predicted molar refractivity (Wildman–Crippen MR) is 75.8 cm³/mol. The van der Waals surface area contributed by atoms with Gasteiger partial charge in [0.15, 0.2) is 18.2 Å². The lowest BCUT2D eigenvalue weighted by atomic mass is 10.2. The molecule has 0 heterocycles. The lowest BCUT2D eigenvalue weighted by Crippen LogP contribution is -2.15. The number of hydrogen-bond acceptors (Lipinski definition) is 3. The molecule has 0 unspecified atom stereocenters. The van der Waals surface area contributed by atoms with Gasteiger partial charge in [0, 0.05) is 10.0 Å². The largest absolute Gasteiger partial charge is 0.482 e. The van der Waals surface area contributed by atoms with Gasteiger partial charge >= 0.3 is 5.97 Å². The highest BCUT2D eigenvalue weighted by molar-refractivity contribution is 9.10. The van der Waals surface area contributed by atoms with Crippen LogP contribution in [0.25, 0.3) is 0 Å². The first-order valence-electron chi connectivity index (χ1n) is 6.03. The molecule has 0 atom stereocenters. The molecule has 0 aliphatic heterocycles. The van der Waals surface area contributed by atoms with Crippen LogP contribution < -0.4 is 4.74 Å². The Kier molecular flexibility index (Phi) is 5.27. The SMILES string of the molecule is O=C(COc1ccc(Br)cc1)OCc1cccc(F)c1F. The summed E-state index contributed by atoms with van der Waals surface area (Å²) in [6, 6.07) is 10.6. The fourth-order valence-electron chi connectivity index (χ4n) is 1.53. The van der Waals surface area contributed by atoms with Crippen LogP contribution in [0.5, 0.6) is 5.75 Å².